The summed E-state index contributed by atoms with van der Waals surface area (Å²) in [6.45, 7) is 0. The third kappa shape index (κ3) is 4.81. The first-order valence-corrected chi connectivity index (χ1v) is 13.1. The number of anilines is 1. The molecule has 0 saturated carbocycles. The fourth-order valence-electron chi connectivity index (χ4n) is 4.28. The van der Waals surface area contributed by atoms with E-state index in [0.29, 0.717) is 35.1 Å². The summed E-state index contributed by atoms with van der Waals surface area (Å²) in [5.41, 5.74) is 1.49. The van der Waals surface area contributed by atoms with Gasteiger partial charge in [0.2, 0.25) is 0 Å². The summed E-state index contributed by atoms with van der Waals surface area (Å²) in [6, 6.07) is 17.1. The number of methoxy groups -OCH3 is 1. The summed E-state index contributed by atoms with van der Waals surface area (Å²) in [6.07, 6.45) is 4.50. The zero-order chi connectivity index (χ0) is 26.9. The molecule has 38 heavy (non-hydrogen) atoms. The number of nitrogens with zero attached hydrogens (tertiary/aromatic N) is 2. The summed E-state index contributed by atoms with van der Waals surface area (Å²) < 4.78 is 33.9. The van der Waals surface area contributed by atoms with Gasteiger partial charge in [0.25, 0.3) is 15.9 Å². The average molecular weight is 530 g/mol. The zero-order valence-corrected chi connectivity index (χ0v) is 21.1. The highest BCUT2D eigenvalue weighted by atomic mass is 32.2. The SMILES string of the molecule is COc1ccc(S(=O)(=O)Nc2cc(N=NC(=O)c3ccc4cccc(O)c4c3)c(O)c3c2CC=CC3)cc1. The van der Waals surface area contributed by atoms with E-state index in [9.17, 15) is 23.4 Å². The van der Waals surface area contributed by atoms with Crippen LogP contribution in [0.4, 0.5) is 11.4 Å². The molecule has 5 rings (SSSR count). The molecule has 0 heterocycles. The molecule has 10 heteroatoms. The predicted octanol–water partition coefficient (Wildman–Crippen LogP) is 5.64. The topological polar surface area (TPSA) is 138 Å². The van der Waals surface area contributed by atoms with E-state index < -0.39 is 15.9 Å². The first kappa shape index (κ1) is 25.0. The lowest BCUT2D eigenvalue weighted by Crippen LogP contribution is -2.15. The van der Waals surface area contributed by atoms with E-state index in [4.69, 9.17) is 4.74 Å². The van der Waals surface area contributed by atoms with Crippen LogP contribution >= 0.6 is 0 Å². The van der Waals surface area contributed by atoms with E-state index in [1.165, 1.54) is 37.4 Å². The van der Waals surface area contributed by atoms with Gasteiger partial charge in [-0.15, -0.1) is 10.2 Å². The second kappa shape index (κ2) is 9.98. The number of benzene rings is 4. The Balaban J connectivity index is 1.49. The summed E-state index contributed by atoms with van der Waals surface area (Å²) >= 11 is 0. The quantitative estimate of drug-likeness (QED) is 0.168. The van der Waals surface area contributed by atoms with Gasteiger partial charge in [-0.25, -0.2) is 8.42 Å². The van der Waals surface area contributed by atoms with Crippen LogP contribution in [0.2, 0.25) is 0 Å². The minimum absolute atomic E-state index is 0.0308. The number of aromatic hydroxyl groups is 2. The van der Waals surface area contributed by atoms with Crippen LogP contribution in [0.1, 0.15) is 21.5 Å². The van der Waals surface area contributed by atoms with E-state index in [1.807, 2.05) is 12.2 Å². The van der Waals surface area contributed by atoms with Gasteiger partial charge in [0.15, 0.2) is 0 Å². The molecule has 0 unspecified atom stereocenters. The third-order valence-corrected chi connectivity index (χ3v) is 7.66. The smallest absolute Gasteiger partial charge is 0.295 e. The van der Waals surface area contributed by atoms with Crippen molar-refractivity contribution in [3.05, 3.63) is 95.6 Å². The Labute approximate surface area is 218 Å². The number of rotatable bonds is 6. The van der Waals surface area contributed by atoms with Crippen LogP contribution in [0.3, 0.4) is 0 Å². The molecular formula is C28H23N3O6S. The van der Waals surface area contributed by atoms with Crippen molar-refractivity contribution in [3.63, 3.8) is 0 Å². The molecule has 1 aliphatic rings. The van der Waals surface area contributed by atoms with Gasteiger partial charge in [0.1, 0.15) is 22.9 Å². The Morgan fingerprint density at radius 1 is 0.947 bits per heavy atom. The van der Waals surface area contributed by atoms with E-state index in [-0.39, 0.29) is 33.3 Å². The summed E-state index contributed by atoms with van der Waals surface area (Å²) in [7, 11) is -2.49. The van der Waals surface area contributed by atoms with Crippen LogP contribution in [-0.4, -0.2) is 31.6 Å². The number of carbonyl (C=O) groups is 1. The number of nitrogens with one attached hydrogen (secondary N) is 1. The van der Waals surface area contributed by atoms with E-state index in [2.05, 4.69) is 15.0 Å². The second-order valence-corrected chi connectivity index (χ2v) is 10.3. The summed E-state index contributed by atoms with van der Waals surface area (Å²) in [5, 5.41) is 29.9. The van der Waals surface area contributed by atoms with Gasteiger partial charge in [-0.2, -0.15) is 0 Å². The number of hydrogen-bond acceptors (Lipinski definition) is 7. The molecule has 0 fully saturated rings. The van der Waals surface area contributed by atoms with Crippen LogP contribution < -0.4 is 9.46 Å². The van der Waals surface area contributed by atoms with Gasteiger partial charge in [0.05, 0.1) is 17.7 Å². The van der Waals surface area contributed by atoms with Crippen LogP contribution in [-0.2, 0) is 22.9 Å². The molecule has 3 N–H and O–H groups in total. The maximum absolute atomic E-state index is 13.1. The maximum atomic E-state index is 13.1. The molecule has 1 amide bonds. The van der Waals surface area contributed by atoms with Crippen LogP contribution in [0.15, 0.2) is 94.0 Å². The van der Waals surface area contributed by atoms with E-state index in [1.54, 1.807) is 36.4 Å². The largest absolute Gasteiger partial charge is 0.507 e. The highest BCUT2D eigenvalue weighted by Crippen LogP contribution is 2.41. The average Bonchev–Trinajstić information content (AvgIpc) is 2.93. The molecule has 0 aliphatic heterocycles. The van der Waals surface area contributed by atoms with Gasteiger partial charge in [-0.1, -0.05) is 30.4 Å². The first-order chi connectivity index (χ1) is 18.3. The van der Waals surface area contributed by atoms with Gasteiger partial charge in [0, 0.05) is 16.5 Å². The summed E-state index contributed by atoms with van der Waals surface area (Å²) in [5.74, 6) is -0.315. The Kier molecular flexibility index (Phi) is 6.56. The standard InChI is InChI=1S/C28H23N3O6S/c1-37-19-11-13-20(14-12-19)38(35,36)31-24-16-25(27(33)22-7-3-2-6-21(22)24)29-30-28(34)18-10-9-17-5-4-8-26(32)23(17)15-18/h2-5,8-16,31-33H,6-7H2,1H3. The molecular weight excluding hydrogens is 506 g/mol. The van der Waals surface area contributed by atoms with Crippen molar-refractivity contribution < 1.29 is 28.2 Å². The van der Waals surface area contributed by atoms with Crippen LogP contribution in [0.5, 0.6) is 17.2 Å². The number of azo groups is 1. The van der Waals surface area contributed by atoms with Gasteiger partial charge >= 0.3 is 0 Å². The Bertz CT molecular complexity index is 1730. The minimum atomic E-state index is -3.97. The Morgan fingerprint density at radius 2 is 1.68 bits per heavy atom. The predicted molar refractivity (Wildman–Crippen MR) is 143 cm³/mol. The molecule has 9 nitrogen and oxygen atoms in total. The molecule has 0 bridgehead atoms. The fraction of sp³-hybridized carbons (Fsp3) is 0.107. The lowest BCUT2D eigenvalue weighted by Gasteiger charge is -2.20. The van der Waals surface area contributed by atoms with Crippen LogP contribution in [0.25, 0.3) is 10.8 Å². The number of phenols is 2. The highest BCUT2D eigenvalue weighted by Gasteiger charge is 2.23. The van der Waals surface area contributed by atoms with Gasteiger partial charge < -0.3 is 14.9 Å². The molecule has 0 atom stereocenters. The van der Waals surface area contributed by atoms with E-state index in [0.717, 1.165) is 5.39 Å². The number of sulfonamides is 1. The molecule has 0 saturated heterocycles. The van der Waals surface area contributed by atoms with Crippen molar-refractivity contribution in [3.8, 4) is 17.2 Å². The number of carbonyl (C=O) groups excluding carboxylic acids is 1. The number of fused-ring (bicyclic) bond motifs is 2. The Hall–Kier alpha value is -4.70. The summed E-state index contributed by atoms with van der Waals surface area (Å²) in [4.78, 5) is 12.8. The molecule has 0 aromatic heterocycles. The normalized spacial score (nSPS) is 13.0. The fourth-order valence-corrected chi connectivity index (χ4v) is 5.36. The third-order valence-electron chi connectivity index (χ3n) is 6.28. The molecule has 4 aromatic carbocycles. The van der Waals surface area contributed by atoms with Gasteiger partial charge in [-0.3, -0.25) is 9.52 Å². The zero-order valence-electron chi connectivity index (χ0n) is 20.2. The monoisotopic (exact) mass is 529 g/mol. The molecule has 0 spiro atoms. The second-order valence-electron chi connectivity index (χ2n) is 8.63. The van der Waals surface area contributed by atoms with Crippen molar-refractivity contribution >= 4 is 38.1 Å². The number of allylic oxidation sites excluding steroid dienone is 2. The molecule has 1 aliphatic carbocycles. The number of amides is 1. The van der Waals surface area contributed by atoms with Crippen LogP contribution in [0, 0.1) is 0 Å². The molecule has 192 valence electrons. The number of ether oxygens (including phenoxy) is 1. The number of hydrogen-bond donors (Lipinski definition) is 3. The lowest BCUT2D eigenvalue weighted by molar-refractivity contribution is 0.0995. The highest BCUT2D eigenvalue weighted by molar-refractivity contribution is 7.92. The minimum Gasteiger partial charge on any atom is -0.507 e. The van der Waals surface area contributed by atoms with Gasteiger partial charge in [-0.05, 0) is 72.3 Å². The van der Waals surface area contributed by atoms with Crippen molar-refractivity contribution in [2.24, 2.45) is 10.2 Å². The Morgan fingerprint density at radius 3 is 2.42 bits per heavy atom. The van der Waals surface area contributed by atoms with Crippen molar-refractivity contribution in [2.45, 2.75) is 17.7 Å². The molecule has 4 aromatic rings. The maximum Gasteiger partial charge on any atom is 0.295 e. The van der Waals surface area contributed by atoms with Crippen molar-refractivity contribution in [1.82, 2.24) is 0 Å². The first-order valence-electron chi connectivity index (χ1n) is 11.6. The van der Waals surface area contributed by atoms with Crippen molar-refractivity contribution in [1.29, 1.82) is 0 Å². The van der Waals surface area contributed by atoms with E-state index >= 15 is 0 Å². The lowest BCUT2D eigenvalue weighted by atomic mass is 9.93. The molecule has 0 radical (unpaired) electrons. The number of phenolic OH excluding ortho intramolecular Hbond substituents is 2. The van der Waals surface area contributed by atoms with Crippen molar-refractivity contribution in [2.75, 3.05) is 11.8 Å².